The van der Waals surface area contributed by atoms with Crippen molar-refractivity contribution in [2.24, 2.45) is 5.92 Å². The lowest BCUT2D eigenvalue weighted by atomic mass is 10.1. The first-order valence-corrected chi connectivity index (χ1v) is 5.22. The van der Waals surface area contributed by atoms with Crippen molar-refractivity contribution in [1.29, 1.82) is 0 Å². The maximum atomic E-state index is 11.2. The first kappa shape index (κ1) is 13.4. The zero-order valence-electron chi connectivity index (χ0n) is 10.0. The van der Waals surface area contributed by atoms with Gasteiger partial charge in [-0.05, 0) is 33.1 Å². The Morgan fingerprint density at radius 1 is 1.36 bits per heavy atom. The van der Waals surface area contributed by atoms with Crippen LogP contribution in [-0.2, 0) is 9.53 Å². The molecule has 0 aromatic rings. The Kier molecular flexibility index (Phi) is 5.77. The van der Waals surface area contributed by atoms with Crippen LogP contribution in [0.1, 0.15) is 41.0 Å². The van der Waals surface area contributed by atoms with Crippen molar-refractivity contribution in [3.8, 4) is 0 Å². The molecule has 84 valence electrons. The number of rotatable bonds is 5. The van der Waals surface area contributed by atoms with E-state index in [0.29, 0.717) is 5.92 Å². The first-order chi connectivity index (χ1) is 6.31. The van der Waals surface area contributed by atoms with Gasteiger partial charge in [-0.3, -0.25) is 4.79 Å². The Balaban J connectivity index is 3.47. The van der Waals surface area contributed by atoms with Crippen LogP contribution in [0.2, 0.25) is 0 Å². The average Bonchev–Trinajstić information content (AvgIpc) is 1.99. The van der Waals surface area contributed by atoms with Gasteiger partial charge in [0.2, 0.25) is 5.91 Å². The van der Waals surface area contributed by atoms with Crippen molar-refractivity contribution in [3.05, 3.63) is 0 Å². The molecule has 14 heavy (non-hydrogen) atoms. The quantitative estimate of drug-likeness (QED) is 0.738. The molecule has 0 bridgehead atoms. The van der Waals surface area contributed by atoms with Crippen LogP contribution in [0.3, 0.4) is 0 Å². The van der Waals surface area contributed by atoms with Crippen LogP contribution in [0, 0.1) is 5.92 Å². The molecule has 0 aliphatic carbocycles. The minimum absolute atomic E-state index is 0.0272. The largest absolute Gasteiger partial charge is 0.366 e. The molecule has 0 aromatic heterocycles. The Labute approximate surface area is 87.2 Å². The summed E-state index contributed by atoms with van der Waals surface area (Å²) < 4.78 is 5.34. The van der Waals surface area contributed by atoms with Crippen molar-refractivity contribution in [1.82, 2.24) is 5.32 Å². The molecule has 1 amide bonds. The average molecular weight is 201 g/mol. The third-order valence-electron chi connectivity index (χ3n) is 1.68. The summed E-state index contributed by atoms with van der Waals surface area (Å²) in [5.41, 5.74) is -0.241. The van der Waals surface area contributed by atoms with E-state index in [1.54, 1.807) is 0 Å². The molecule has 0 atom stereocenters. The predicted molar refractivity (Wildman–Crippen MR) is 58.2 cm³/mol. The second-order valence-corrected chi connectivity index (χ2v) is 4.93. The van der Waals surface area contributed by atoms with Crippen molar-refractivity contribution >= 4 is 5.91 Å². The second-order valence-electron chi connectivity index (χ2n) is 4.93. The van der Waals surface area contributed by atoms with Crippen LogP contribution >= 0.6 is 0 Å². The van der Waals surface area contributed by atoms with E-state index in [0.717, 1.165) is 13.0 Å². The highest BCUT2D eigenvalue weighted by Gasteiger charge is 2.12. The minimum Gasteiger partial charge on any atom is -0.366 e. The summed E-state index contributed by atoms with van der Waals surface area (Å²) in [4.78, 5) is 11.2. The standard InChI is InChI=1S/C11H23NO2/c1-9(2)6-7-12-10(13)8-14-11(3,4)5/h9H,6-8H2,1-5H3,(H,12,13). The van der Waals surface area contributed by atoms with Crippen molar-refractivity contribution < 1.29 is 9.53 Å². The zero-order chi connectivity index (χ0) is 11.2. The molecule has 3 nitrogen and oxygen atoms in total. The lowest BCUT2D eigenvalue weighted by Gasteiger charge is -2.19. The number of amides is 1. The highest BCUT2D eigenvalue weighted by atomic mass is 16.5. The molecule has 0 saturated heterocycles. The summed E-state index contributed by atoms with van der Waals surface area (Å²) >= 11 is 0. The lowest BCUT2D eigenvalue weighted by Crippen LogP contribution is -2.32. The zero-order valence-corrected chi connectivity index (χ0v) is 10.0. The molecule has 0 spiro atoms. The van der Waals surface area contributed by atoms with E-state index in [9.17, 15) is 4.79 Å². The Morgan fingerprint density at radius 3 is 2.36 bits per heavy atom. The van der Waals surface area contributed by atoms with Crippen LogP contribution in [0.4, 0.5) is 0 Å². The molecule has 0 fully saturated rings. The van der Waals surface area contributed by atoms with Crippen LogP contribution < -0.4 is 5.32 Å². The number of nitrogens with one attached hydrogen (secondary N) is 1. The Bertz CT molecular complexity index is 171. The highest BCUT2D eigenvalue weighted by molar-refractivity contribution is 5.77. The van der Waals surface area contributed by atoms with Gasteiger partial charge >= 0.3 is 0 Å². The van der Waals surface area contributed by atoms with Gasteiger partial charge in [-0.2, -0.15) is 0 Å². The Hall–Kier alpha value is -0.570. The van der Waals surface area contributed by atoms with Gasteiger partial charge in [-0.1, -0.05) is 13.8 Å². The van der Waals surface area contributed by atoms with E-state index in [1.807, 2.05) is 20.8 Å². The SMILES string of the molecule is CC(C)CCNC(=O)COC(C)(C)C. The van der Waals surface area contributed by atoms with Crippen molar-refractivity contribution in [3.63, 3.8) is 0 Å². The van der Waals surface area contributed by atoms with Gasteiger partial charge in [0.15, 0.2) is 0 Å². The molecule has 0 aliphatic heterocycles. The van der Waals surface area contributed by atoms with E-state index < -0.39 is 0 Å². The minimum atomic E-state index is -0.241. The number of carbonyl (C=O) groups is 1. The van der Waals surface area contributed by atoms with Gasteiger partial charge in [0.1, 0.15) is 6.61 Å². The maximum Gasteiger partial charge on any atom is 0.246 e. The van der Waals surface area contributed by atoms with Crippen LogP contribution in [0.5, 0.6) is 0 Å². The first-order valence-electron chi connectivity index (χ1n) is 5.22. The predicted octanol–water partition coefficient (Wildman–Crippen LogP) is 1.96. The second kappa shape index (κ2) is 6.02. The summed E-state index contributed by atoms with van der Waals surface area (Å²) in [7, 11) is 0. The van der Waals surface area contributed by atoms with E-state index in [2.05, 4.69) is 19.2 Å². The van der Waals surface area contributed by atoms with Crippen LogP contribution in [-0.4, -0.2) is 24.7 Å². The fourth-order valence-electron chi connectivity index (χ4n) is 0.833. The van der Waals surface area contributed by atoms with Gasteiger partial charge in [0.05, 0.1) is 5.60 Å². The summed E-state index contributed by atoms with van der Waals surface area (Å²) in [6.45, 7) is 11.0. The fraction of sp³-hybridized carbons (Fsp3) is 0.909. The fourth-order valence-corrected chi connectivity index (χ4v) is 0.833. The Morgan fingerprint density at radius 2 is 1.93 bits per heavy atom. The third kappa shape index (κ3) is 9.52. The van der Waals surface area contributed by atoms with Gasteiger partial charge in [0.25, 0.3) is 0 Å². The molecule has 3 heteroatoms. The molecule has 0 aromatic carbocycles. The summed E-state index contributed by atoms with van der Waals surface area (Å²) in [5, 5.41) is 2.82. The van der Waals surface area contributed by atoms with E-state index in [4.69, 9.17) is 4.74 Å². The van der Waals surface area contributed by atoms with Gasteiger partial charge in [-0.25, -0.2) is 0 Å². The smallest absolute Gasteiger partial charge is 0.246 e. The van der Waals surface area contributed by atoms with E-state index >= 15 is 0 Å². The number of carbonyl (C=O) groups excluding carboxylic acids is 1. The van der Waals surface area contributed by atoms with Crippen molar-refractivity contribution in [2.45, 2.75) is 46.6 Å². The molecule has 0 rings (SSSR count). The third-order valence-corrected chi connectivity index (χ3v) is 1.68. The number of hydrogen-bond donors (Lipinski definition) is 1. The normalized spacial score (nSPS) is 11.9. The number of ether oxygens (including phenoxy) is 1. The van der Waals surface area contributed by atoms with Gasteiger partial charge < -0.3 is 10.1 Å². The molecule has 1 N–H and O–H groups in total. The van der Waals surface area contributed by atoms with Crippen molar-refractivity contribution in [2.75, 3.05) is 13.2 Å². The molecular formula is C11H23NO2. The van der Waals surface area contributed by atoms with Gasteiger partial charge in [-0.15, -0.1) is 0 Å². The van der Waals surface area contributed by atoms with Crippen LogP contribution in [0.15, 0.2) is 0 Å². The highest BCUT2D eigenvalue weighted by Crippen LogP contribution is 2.05. The lowest BCUT2D eigenvalue weighted by molar-refractivity contribution is -0.130. The monoisotopic (exact) mass is 201 g/mol. The van der Waals surface area contributed by atoms with E-state index in [1.165, 1.54) is 0 Å². The number of hydrogen-bond acceptors (Lipinski definition) is 2. The maximum absolute atomic E-state index is 11.2. The summed E-state index contributed by atoms with van der Waals surface area (Å²) in [5.74, 6) is 0.597. The molecule has 0 unspecified atom stereocenters. The molecule has 0 aliphatic rings. The summed E-state index contributed by atoms with van der Waals surface area (Å²) in [6.07, 6.45) is 1.02. The van der Waals surface area contributed by atoms with Crippen LogP contribution in [0.25, 0.3) is 0 Å². The van der Waals surface area contributed by atoms with Gasteiger partial charge in [0, 0.05) is 6.54 Å². The topological polar surface area (TPSA) is 38.3 Å². The molecule has 0 radical (unpaired) electrons. The molecule has 0 saturated carbocycles. The molecule has 0 heterocycles. The van der Waals surface area contributed by atoms with E-state index in [-0.39, 0.29) is 18.1 Å². The molecular weight excluding hydrogens is 178 g/mol. The summed E-state index contributed by atoms with van der Waals surface area (Å²) in [6, 6.07) is 0.